The standard InChI is InChI=1S/C13H18BrNO3S/c1-17-6-4-15(8-12-11(14)3-7-19-12)13(16)10-2-5-18-9-10/h3,7,10H,2,4-6,8-9H2,1H3/t10-/m1/s1. The summed E-state index contributed by atoms with van der Waals surface area (Å²) in [6.07, 6.45) is 0.827. The number of hydrogen-bond donors (Lipinski definition) is 0. The topological polar surface area (TPSA) is 38.8 Å². The van der Waals surface area contributed by atoms with Gasteiger partial charge in [0, 0.05) is 29.6 Å². The summed E-state index contributed by atoms with van der Waals surface area (Å²) in [5, 5.41) is 2.02. The third-order valence-electron chi connectivity index (χ3n) is 3.18. The molecule has 1 aliphatic rings. The van der Waals surface area contributed by atoms with Crippen LogP contribution in [0.1, 0.15) is 11.3 Å². The third-order valence-corrected chi connectivity index (χ3v) is 5.09. The molecule has 2 heterocycles. The van der Waals surface area contributed by atoms with Gasteiger partial charge in [-0.3, -0.25) is 4.79 Å². The molecule has 6 heteroatoms. The van der Waals surface area contributed by atoms with Gasteiger partial charge < -0.3 is 14.4 Å². The van der Waals surface area contributed by atoms with Crippen molar-refractivity contribution in [2.45, 2.75) is 13.0 Å². The molecule has 0 aromatic carbocycles. The molecule has 1 saturated heterocycles. The molecule has 0 N–H and O–H groups in total. The highest BCUT2D eigenvalue weighted by molar-refractivity contribution is 9.10. The van der Waals surface area contributed by atoms with Crippen LogP contribution in [0.25, 0.3) is 0 Å². The van der Waals surface area contributed by atoms with Crippen molar-refractivity contribution < 1.29 is 14.3 Å². The highest BCUT2D eigenvalue weighted by Gasteiger charge is 2.28. The molecule has 1 aromatic rings. The number of carbonyl (C=O) groups is 1. The fourth-order valence-electron chi connectivity index (χ4n) is 2.07. The molecule has 106 valence electrons. The zero-order chi connectivity index (χ0) is 13.7. The Kier molecular flexibility index (Phi) is 5.81. The van der Waals surface area contributed by atoms with Crippen LogP contribution in [0.4, 0.5) is 0 Å². The Bertz CT molecular complexity index is 418. The van der Waals surface area contributed by atoms with Gasteiger partial charge in [0.15, 0.2) is 0 Å². The zero-order valence-corrected chi connectivity index (χ0v) is 13.3. The maximum absolute atomic E-state index is 12.5. The van der Waals surface area contributed by atoms with Gasteiger partial charge in [0.25, 0.3) is 0 Å². The molecule has 0 bridgehead atoms. The Morgan fingerprint density at radius 1 is 1.68 bits per heavy atom. The number of ether oxygens (including phenoxy) is 2. The Morgan fingerprint density at radius 2 is 2.53 bits per heavy atom. The second kappa shape index (κ2) is 7.38. The first-order chi connectivity index (χ1) is 9.22. The van der Waals surface area contributed by atoms with Crippen molar-refractivity contribution in [2.75, 3.05) is 33.5 Å². The molecular formula is C13H18BrNO3S. The van der Waals surface area contributed by atoms with Crippen molar-refractivity contribution in [3.05, 3.63) is 20.8 Å². The summed E-state index contributed by atoms with van der Waals surface area (Å²) in [5.41, 5.74) is 0. The number of halogens is 1. The van der Waals surface area contributed by atoms with E-state index in [1.807, 2.05) is 16.3 Å². The second-order valence-corrected chi connectivity index (χ2v) is 6.36. The van der Waals surface area contributed by atoms with Crippen LogP contribution in [0, 0.1) is 5.92 Å². The monoisotopic (exact) mass is 347 g/mol. The minimum atomic E-state index is 0.00981. The third kappa shape index (κ3) is 4.02. The first-order valence-electron chi connectivity index (χ1n) is 6.29. The van der Waals surface area contributed by atoms with Gasteiger partial charge in [0.2, 0.25) is 5.91 Å². The molecule has 1 aromatic heterocycles. The van der Waals surface area contributed by atoms with Gasteiger partial charge in [-0.2, -0.15) is 0 Å². The predicted molar refractivity (Wildman–Crippen MR) is 78.2 cm³/mol. The molecule has 0 spiro atoms. The van der Waals surface area contributed by atoms with E-state index < -0.39 is 0 Å². The average molecular weight is 348 g/mol. The van der Waals surface area contributed by atoms with Crippen LogP contribution < -0.4 is 0 Å². The molecule has 0 unspecified atom stereocenters. The van der Waals surface area contributed by atoms with E-state index in [0.29, 0.717) is 32.9 Å². The molecule has 1 atom stereocenters. The fourth-order valence-corrected chi connectivity index (χ4v) is 3.56. The van der Waals surface area contributed by atoms with E-state index in [2.05, 4.69) is 15.9 Å². The summed E-state index contributed by atoms with van der Waals surface area (Å²) in [4.78, 5) is 15.5. The van der Waals surface area contributed by atoms with Crippen LogP contribution in [-0.4, -0.2) is 44.3 Å². The van der Waals surface area contributed by atoms with E-state index in [1.165, 1.54) is 4.88 Å². The number of nitrogens with zero attached hydrogens (tertiary/aromatic N) is 1. The SMILES string of the molecule is COCCN(Cc1sccc1Br)C(=O)[C@@H]1CCOC1. The van der Waals surface area contributed by atoms with Crippen molar-refractivity contribution in [3.8, 4) is 0 Å². The van der Waals surface area contributed by atoms with Crippen LogP contribution in [0.3, 0.4) is 0 Å². The minimum Gasteiger partial charge on any atom is -0.383 e. The molecule has 0 saturated carbocycles. The van der Waals surface area contributed by atoms with E-state index in [9.17, 15) is 4.79 Å². The van der Waals surface area contributed by atoms with Gasteiger partial charge in [0.05, 0.1) is 25.7 Å². The fraction of sp³-hybridized carbons (Fsp3) is 0.615. The number of carbonyl (C=O) groups excluding carboxylic acids is 1. The van der Waals surface area contributed by atoms with Gasteiger partial charge >= 0.3 is 0 Å². The summed E-state index contributed by atoms with van der Waals surface area (Å²) in [5.74, 6) is 0.186. The van der Waals surface area contributed by atoms with E-state index >= 15 is 0 Å². The lowest BCUT2D eigenvalue weighted by Gasteiger charge is -2.24. The lowest BCUT2D eigenvalue weighted by molar-refractivity contribution is -0.136. The van der Waals surface area contributed by atoms with Crippen molar-refractivity contribution in [2.24, 2.45) is 5.92 Å². The lowest BCUT2D eigenvalue weighted by Crippen LogP contribution is -2.38. The van der Waals surface area contributed by atoms with Gasteiger partial charge in [-0.25, -0.2) is 0 Å². The molecule has 0 aliphatic carbocycles. The smallest absolute Gasteiger partial charge is 0.228 e. The van der Waals surface area contributed by atoms with Crippen LogP contribution >= 0.6 is 27.3 Å². The molecule has 0 radical (unpaired) electrons. The van der Waals surface area contributed by atoms with Crippen molar-refractivity contribution in [1.82, 2.24) is 4.90 Å². The van der Waals surface area contributed by atoms with Gasteiger partial charge in [0.1, 0.15) is 0 Å². The van der Waals surface area contributed by atoms with E-state index in [-0.39, 0.29) is 11.8 Å². The summed E-state index contributed by atoms with van der Waals surface area (Å²) >= 11 is 5.17. The number of thiophene rings is 1. The first kappa shape index (κ1) is 15.0. The Balaban J connectivity index is 2.02. The molecule has 1 aliphatic heterocycles. The number of hydrogen-bond acceptors (Lipinski definition) is 4. The summed E-state index contributed by atoms with van der Waals surface area (Å²) in [6.45, 7) is 3.06. The first-order valence-corrected chi connectivity index (χ1v) is 7.97. The van der Waals surface area contributed by atoms with Gasteiger partial charge in [-0.1, -0.05) is 0 Å². The average Bonchev–Trinajstić information content (AvgIpc) is 3.05. The van der Waals surface area contributed by atoms with Gasteiger partial charge in [-0.15, -0.1) is 11.3 Å². The van der Waals surface area contributed by atoms with Crippen molar-refractivity contribution >= 4 is 33.2 Å². The van der Waals surface area contributed by atoms with Crippen LogP contribution in [0.15, 0.2) is 15.9 Å². The normalized spacial score (nSPS) is 18.7. The second-order valence-electron chi connectivity index (χ2n) is 4.50. The van der Waals surface area contributed by atoms with Crippen LogP contribution in [-0.2, 0) is 20.8 Å². The van der Waals surface area contributed by atoms with Crippen molar-refractivity contribution in [3.63, 3.8) is 0 Å². The quantitative estimate of drug-likeness (QED) is 0.793. The molecule has 1 amide bonds. The molecule has 1 fully saturated rings. The number of methoxy groups -OCH3 is 1. The predicted octanol–water partition coefficient (Wildman–Crippen LogP) is 2.52. The Labute approximate surface area is 125 Å². The van der Waals surface area contributed by atoms with Crippen LogP contribution in [0.2, 0.25) is 0 Å². The zero-order valence-electron chi connectivity index (χ0n) is 10.9. The minimum absolute atomic E-state index is 0.00981. The molecule has 19 heavy (non-hydrogen) atoms. The lowest BCUT2D eigenvalue weighted by atomic mass is 10.1. The summed E-state index contributed by atoms with van der Waals surface area (Å²) in [6, 6.07) is 2.01. The molecule has 4 nitrogen and oxygen atoms in total. The maximum Gasteiger partial charge on any atom is 0.228 e. The highest BCUT2D eigenvalue weighted by atomic mass is 79.9. The van der Waals surface area contributed by atoms with Crippen LogP contribution in [0.5, 0.6) is 0 Å². The summed E-state index contributed by atoms with van der Waals surface area (Å²) in [7, 11) is 1.66. The maximum atomic E-state index is 12.5. The summed E-state index contributed by atoms with van der Waals surface area (Å²) < 4.78 is 11.5. The molecular weight excluding hydrogens is 330 g/mol. The number of rotatable bonds is 6. The Morgan fingerprint density at radius 3 is 3.11 bits per heavy atom. The highest BCUT2D eigenvalue weighted by Crippen LogP contribution is 2.25. The van der Waals surface area contributed by atoms with E-state index in [1.54, 1.807) is 18.4 Å². The Hall–Kier alpha value is -0.430. The number of amides is 1. The van der Waals surface area contributed by atoms with Crippen molar-refractivity contribution in [1.29, 1.82) is 0 Å². The molecule has 2 rings (SSSR count). The largest absolute Gasteiger partial charge is 0.383 e. The van der Waals surface area contributed by atoms with E-state index in [4.69, 9.17) is 9.47 Å². The van der Waals surface area contributed by atoms with Gasteiger partial charge in [-0.05, 0) is 33.8 Å². The van der Waals surface area contributed by atoms with E-state index in [0.717, 1.165) is 10.9 Å².